The summed E-state index contributed by atoms with van der Waals surface area (Å²) in [6.45, 7) is 2.22. The predicted octanol–water partition coefficient (Wildman–Crippen LogP) is 2.76. The normalized spacial score (nSPS) is 12.6. The van der Waals surface area contributed by atoms with Crippen LogP contribution in [0, 0.1) is 0 Å². The summed E-state index contributed by atoms with van der Waals surface area (Å²) < 4.78 is 6.67. The van der Waals surface area contributed by atoms with Crippen LogP contribution in [0.5, 0.6) is 5.75 Å². The van der Waals surface area contributed by atoms with Crippen molar-refractivity contribution in [1.82, 2.24) is 0 Å². The van der Waals surface area contributed by atoms with Crippen molar-refractivity contribution in [1.29, 1.82) is 0 Å². The van der Waals surface area contributed by atoms with Crippen molar-refractivity contribution in [3.8, 4) is 5.75 Å². The number of halogens is 1. The molecule has 0 heterocycles. The molecular formula is C10H13BrOSSe. The van der Waals surface area contributed by atoms with E-state index in [4.69, 9.17) is 4.74 Å². The third kappa shape index (κ3) is 2.69. The van der Waals surface area contributed by atoms with Gasteiger partial charge < -0.3 is 0 Å². The maximum atomic E-state index is 5.35. The van der Waals surface area contributed by atoms with Crippen LogP contribution < -0.4 is 9.20 Å². The van der Waals surface area contributed by atoms with E-state index in [1.807, 2.05) is 17.8 Å². The molecule has 1 nitrogen and oxygen atoms in total. The standard InChI is InChI=1S/C10H13BrOSSe/c1-7(13-3)8-5-4-6-9(12-2)10(8)14-11/h4-7H,1-3H3/t7-/m0/s1. The second-order valence-corrected chi connectivity index (χ2v) is 6.87. The summed E-state index contributed by atoms with van der Waals surface area (Å²) in [4.78, 5) is 0. The average molecular weight is 340 g/mol. The quantitative estimate of drug-likeness (QED) is 0.780. The van der Waals surface area contributed by atoms with Crippen LogP contribution in [-0.2, 0) is 0 Å². The first-order valence-electron chi connectivity index (χ1n) is 4.22. The van der Waals surface area contributed by atoms with Crippen LogP contribution in [0.15, 0.2) is 18.2 Å². The van der Waals surface area contributed by atoms with Gasteiger partial charge in [0.05, 0.1) is 0 Å². The van der Waals surface area contributed by atoms with Crippen molar-refractivity contribution < 1.29 is 4.74 Å². The van der Waals surface area contributed by atoms with E-state index >= 15 is 0 Å². The van der Waals surface area contributed by atoms with Gasteiger partial charge in [0, 0.05) is 0 Å². The Morgan fingerprint density at radius 1 is 1.50 bits per heavy atom. The zero-order chi connectivity index (χ0) is 10.6. The van der Waals surface area contributed by atoms with Crippen molar-refractivity contribution >= 4 is 43.5 Å². The summed E-state index contributed by atoms with van der Waals surface area (Å²) in [5, 5.41) is 0.527. The SMILES string of the molecule is COc1cccc([C@H](C)SC)c1[Se]Br. The molecule has 1 aromatic carbocycles. The molecule has 14 heavy (non-hydrogen) atoms. The molecule has 0 amide bonds. The maximum absolute atomic E-state index is 5.35. The molecule has 0 aromatic heterocycles. The van der Waals surface area contributed by atoms with E-state index in [2.05, 4.69) is 39.4 Å². The summed E-state index contributed by atoms with van der Waals surface area (Å²) in [7, 11) is 1.73. The minimum absolute atomic E-state index is 0.304. The molecule has 1 atom stereocenters. The molecule has 4 heteroatoms. The minimum atomic E-state index is 0.304. The van der Waals surface area contributed by atoms with Crippen LogP contribution >= 0.6 is 25.9 Å². The monoisotopic (exact) mass is 340 g/mol. The average Bonchev–Trinajstić information content (AvgIpc) is 2.26. The van der Waals surface area contributed by atoms with Gasteiger partial charge in [0.25, 0.3) is 0 Å². The fraction of sp³-hybridized carbons (Fsp3) is 0.400. The Morgan fingerprint density at radius 2 is 2.21 bits per heavy atom. The van der Waals surface area contributed by atoms with Gasteiger partial charge in [-0.25, -0.2) is 0 Å². The van der Waals surface area contributed by atoms with Crippen molar-refractivity contribution in [3.63, 3.8) is 0 Å². The predicted molar refractivity (Wildman–Crippen MR) is 69.2 cm³/mol. The fourth-order valence-electron chi connectivity index (χ4n) is 1.22. The Kier molecular flexibility index (Phi) is 5.39. The number of ether oxygens (including phenoxy) is 1. The molecule has 0 aliphatic heterocycles. The summed E-state index contributed by atoms with van der Waals surface area (Å²) in [6, 6.07) is 6.26. The molecule has 0 N–H and O–H groups in total. The van der Waals surface area contributed by atoms with Crippen LogP contribution in [0.25, 0.3) is 0 Å². The van der Waals surface area contributed by atoms with Gasteiger partial charge >= 0.3 is 103 Å². The number of thioether (sulfide) groups is 1. The van der Waals surface area contributed by atoms with Crippen LogP contribution in [0.1, 0.15) is 17.7 Å². The van der Waals surface area contributed by atoms with Crippen LogP contribution in [0.3, 0.4) is 0 Å². The molecular weight excluding hydrogens is 327 g/mol. The molecule has 0 radical (unpaired) electrons. The molecule has 0 aliphatic rings. The van der Waals surface area contributed by atoms with E-state index in [0.29, 0.717) is 18.4 Å². The Balaban J connectivity index is 3.14. The van der Waals surface area contributed by atoms with Gasteiger partial charge in [0.1, 0.15) is 0 Å². The molecule has 78 valence electrons. The molecule has 0 bridgehead atoms. The van der Waals surface area contributed by atoms with Gasteiger partial charge in [0.15, 0.2) is 0 Å². The third-order valence-corrected chi connectivity index (χ3v) is 5.98. The Labute approximate surface area is 103 Å². The van der Waals surface area contributed by atoms with Gasteiger partial charge in [-0.05, 0) is 0 Å². The van der Waals surface area contributed by atoms with Crippen molar-refractivity contribution in [2.45, 2.75) is 12.2 Å². The Bertz CT molecular complexity index is 306. The summed E-state index contributed by atoms with van der Waals surface area (Å²) in [5.74, 6) is 1.00. The van der Waals surface area contributed by atoms with Crippen LogP contribution in [0.2, 0.25) is 0 Å². The first kappa shape index (κ1) is 12.4. The van der Waals surface area contributed by atoms with Crippen LogP contribution in [0.4, 0.5) is 0 Å². The Hall–Kier alpha value is 0.369. The summed E-state index contributed by atoms with van der Waals surface area (Å²) in [5.41, 5.74) is 1.38. The molecule has 0 saturated carbocycles. The van der Waals surface area contributed by atoms with Crippen LogP contribution in [-0.4, -0.2) is 26.5 Å². The van der Waals surface area contributed by atoms with E-state index in [9.17, 15) is 0 Å². The third-order valence-electron chi connectivity index (χ3n) is 2.10. The van der Waals surface area contributed by atoms with E-state index in [1.165, 1.54) is 10.0 Å². The number of methoxy groups -OCH3 is 1. The molecule has 1 rings (SSSR count). The number of hydrogen-bond donors (Lipinski definition) is 0. The number of hydrogen-bond acceptors (Lipinski definition) is 2. The van der Waals surface area contributed by atoms with Gasteiger partial charge in [-0.15, -0.1) is 0 Å². The van der Waals surface area contributed by atoms with E-state index < -0.39 is 0 Å². The van der Waals surface area contributed by atoms with Gasteiger partial charge in [-0.1, -0.05) is 0 Å². The van der Waals surface area contributed by atoms with E-state index in [1.54, 1.807) is 7.11 Å². The van der Waals surface area contributed by atoms with E-state index in [-0.39, 0.29) is 0 Å². The topological polar surface area (TPSA) is 9.23 Å². The second kappa shape index (κ2) is 6.06. The van der Waals surface area contributed by atoms with Gasteiger partial charge in [-0.2, -0.15) is 0 Å². The first-order valence-corrected chi connectivity index (χ1v) is 10.4. The van der Waals surface area contributed by atoms with Crippen molar-refractivity contribution in [2.75, 3.05) is 13.4 Å². The zero-order valence-corrected chi connectivity index (χ0v) is 12.5. The zero-order valence-electron chi connectivity index (χ0n) is 8.41. The van der Waals surface area contributed by atoms with Crippen molar-refractivity contribution in [2.24, 2.45) is 0 Å². The van der Waals surface area contributed by atoms with Gasteiger partial charge in [-0.3, -0.25) is 0 Å². The molecule has 0 fully saturated rings. The molecule has 0 spiro atoms. The summed E-state index contributed by atoms with van der Waals surface area (Å²) in [6.07, 6.45) is 2.13. The number of rotatable bonds is 4. The molecule has 0 unspecified atom stereocenters. The summed E-state index contributed by atoms with van der Waals surface area (Å²) >= 11 is 5.74. The molecule has 1 aromatic rings. The fourth-order valence-corrected chi connectivity index (χ4v) is 4.82. The molecule has 0 aliphatic carbocycles. The number of benzene rings is 1. The Morgan fingerprint density at radius 3 is 2.71 bits per heavy atom. The molecule has 0 saturated heterocycles. The van der Waals surface area contributed by atoms with Gasteiger partial charge in [0.2, 0.25) is 0 Å². The second-order valence-electron chi connectivity index (χ2n) is 2.83. The first-order chi connectivity index (χ1) is 6.74. The van der Waals surface area contributed by atoms with E-state index in [0.717, 1.165) is 5.75 Å². The van der Waals surface area contributed by atoms with Crippen molar-refractivity contribution in [3.05, 3.63) is 23.8 Å².